The summed E-state index contributed by atoms with van der Waals surface area (Å²) in [5.74, 6) is 0.980. The van der Waals surface area contributed by atoms with Crippen LogP contribution in [0, 0.1) is 0 Å². The van der Waals surface area contributed by atoms with Crippen molar-refractivity contribution in [1.29, 1.82) is 0 Å². The molecule has 0 aromatic carbocycles. The van der Waals surface area contributed by atoms with E-state index in [1.807, 2.05) is 25.2 Å². The molecule has 0 radical (unpaired) electrons. The molecular weight excluding hydrogens is 214 g/mol. The van der Waals surface area contributed by atoms with Gasteiger partial charge < -0.3 is 4.90 Å². The zero-order valence-corrected chi connectivity index (χ0v) is 9.87. The number of hydrogen-bond donors (Lipinski definition) is 0. The Morgan fingerprint density at radius 3 is 2.47 bits per heavy atom. The third-order valence-corrected chi connectivity index (χ3v) is 3.16. The lowest BCUT2D eigenvalue weighted by molar-refractivity contribution is 0.770. The van der Waals surface area contributed by atoms with Gasteiger partial charge in [0.2, 0.25) is 0 Å². The van der Waals surface area contributed by atoms with Crippen LogP contribution in [0.1, 0.15) is 12.8 Å². The Morgan fingerprint density at radius 2 is 1.88 bits per heavy atom. The molecule has 1 saturated heterocycles. The molecule has 3 rings (SSSR count). The molecule has 1 fully saturated rings. The van der Waals surface area contributed by atoms with E-state index in [1.165, 1.54) is 12.8 Å². The Bertz CT molecular complexity index is 496. The Hall–Kier alpha value is -1.91. The topological polar surface area (TPSA) is 46.8 Å². The summed E-state index contributed by atoms with van der Waals surface area (Å²) in [7, 11) is 1.91. The molecular formula is C12H15N5. The van der Waals surface area contributed by atoms with Gasteiger partial charge in [-0.05, 0) is 31.0 Å². The molecule has 2 aromatic rings. The average Bonchev–Trinajstić information content (AvgIpc) is 3.00. The molecule has 5 nitrogen and oxygen atoms in total. The molecule has 2 aromatic heterocycles. The largest absolute Gasteiger partial charge is 0.355 e. The number of anilines is 1. The van der Waals surface area contributed by atoms with Gasteiger partial charge in [-0.15, -0.1) is 10.2 Å². The quantitative estimate of drug-likeness (QED) is 0.782. The second-order valence-electron chi connectivity index (χ2n) is 4.31. The molecule has 17 heavy (non-hydrogen) atoms. The lowest BCUT2D eigenvalue weighted by Gasteiger charge is -2.15. The Labute approximate surface area is 100 Å². The summed E-state index contributed by atoms with van der Waals surface area (Å²) in [6.07, 6.45) is 4.28. The lowest BCUT2D eigenvalue weighted by Crippen LogP contribution is -2.19. The fourth-order valence-electron chi connectivity index (χ4n) is 2.20. The van der Waals surface area contributed by atoms with Crippen LogP contribution in [0.2, 0.25) is 0 Å². The normalized spacial score (nSPS) is 15.5. The molecule has 0 spiro atoms. The minimum absolute atomic E-state index is 0.868. The van der Waals surface area contributed by atoms with Gasteiger partial charge in [0, 0.05) is 26.3 Å². The highest BCUT2D eigenvalue weighted by Gasteiger charge is 2.14. The van der Waals surface area contributed by atoms with E-state index in [4.69, 9.17) is 0 Å². The molecule has 0 aliphatic carbocycles. The third-order valence-electron chi connectivity index (χ3n) is 3.16. The van der Waals surface area contributed by atoms with Gasteiger partial charge in [-0.1, -0.05) is 0 Å². The van der Waals surface area contributed by atoms with Crippen molar-refractivity contribution in [1.82, 2.24) is 20.0 Å². The van der Waals surface area contributed by atoms with E-state index in [-0.39, 0.29) is 0 Å². The number of rotatable bonds is 2. The molecule has 3 heterocycles. The summed E-state index contributed by atoms with van der Waals surface area (Å²) in [5.41, 5.74) is 1.86. The standard InChI is InChI=1S/C12H15N5/c1-16-11(6-7-13-16)10-4-5-12(15-14-10)17-8-2-3-9-17/h4-7H,2-3,8-9H2,1H3. The summed E-state index contributed by atoms with van der Waals surface area (Å²) in [6, 6.07) is 6.00. The van der Waals surface area contributed by atoms with Gasteiger partial charge in [0.15, 0.2) is 5.82 Å². The van der Waals surface area contributed by atoms with Crippen LogP contribution >= 0.6 is 0 Å². The molecule has 1 aliphatic heterocycles. The Balaban J connectivity index is 1.87. The summed E-state index contributed by atoms with van der Waals surface area (Å²) < 4.78 is 1.81. The van der Waals surface area contributed by atoms with Crippen molar-refractivity contribution in [3.8, 4) is 11.4 Å². The van der Waals surface area contributed by atoms with E-state index in [1.54, 1.807) is 10.9 Å². The molecule has 0 N–H and O–H groups in total. The van der Waals surface area contributed by atoms with Crippen molar-refractivity contribution in [2.24, 2.45) is 7.05 Å². The maximum Gasteiger partial charge on any atom is 0.151 e. The van der Waals surface area contributed by atoms with Gasteiger partial charge in [0.05, 0.1) is 5.69 Å². The summed E-state index contributed by atoms with van der Waals surface area (Å²) in [4.78, 5) is 2.28. The molecule has 0 amide bonds. The van der Waals surface area contributed by atoms with Crippen LogP contribution in [0.15, 0.2) is 24.4 Å². The predicted molar refractivity (Wildman–Crippen MR) is 65.7 cm³/mol. The van der Waals surface area contributed by atoms with Crippen LogP contribution in [0.3, 0.4) is 0 Å². The van der Waals surface area contributed by atoms with Crippen molar-refractivity contribution in [2.45, 2.75) is 12.8 Å². The van der Waals surface area contributed by atoms with Gasteiger partial charge in [0.25, 0.3) is 0 Å². The van der Waals surface area contributed by atoms with Crippen molar-refractivity contribution < 1.29 is 0 Å². The van der Waals surface area contributed by atoms with E-state index < -0.39 is 0 Å². The lowest BCUT2D eigenvalue weighted by atomic mass is 10.3. The highest BCUT2D eigenvalue weighted by atomic mass is 15.3. The number of aryl methyl sites for hydroxylation is 1. The fraction of sp³-hybridized carbons (Fsp3) is 0.417. The fourth-order valence-corrected chi connectivity index (χ4v) is 2.20. The zero-order valence-electron chi connectivity index (χ0n) is 9.87. The highest BCUT2D eigenvalue weighted by molar-refractivity contribution is 5.55. The van der Waals surface area contributed by atoms with Crippen LogP contribution < -0.4 is 4.90 Å². The summed E-state index contributed by atoms with van der Waals surface area (Å²) >= 11 is 0. The van der Waals surface area contributed by atoms with Crippen LogP contribution in [-0.4, -0.2) is 33.1 Å². The maximum atomic E-state index is 4.29. The van der Waals surface area contributed by atoms with E-state index in [0.717, 1.165) is 30.3 Å². The van der Waals surface area contributed by atoms with Crippen LogP contribution in [0.5, 0.6) is 0 Å². The number of nitrogens with zero attached hydrogens (tertiary/aromatic N) is 5. The molecule has 88 valence electrons. The van der Waals surface area contributed by atoms with Crippen molar-refractivity contribution in [3.63, 3.8) is 0 Å². The van der Waals surface area contributed by atoms with E-state index in [2.05, 4.69) is 20.2 Å². The van der Waals surface area contributed by atoms with Gasteiger partial charge >= 0.3 is 0 Å². The first-order valence-electron chi connectivity index (χ1n) is 5.91. The van der Waals surface area contributed by atoms with Gasteiger partial charge in [-0.3, -0.25) is 4.68 Å². The number of aromatic nitrogens is 4. The van der Waals surface area contributed by atoms with E-state index in [0.29, 0.717) is 0 Å². The average molecular weight is 229 g/mol. The van der Waals surface area contributed by atoms with Crippen molar-refractivity contribution in [3.05, 3.63) is 24.4 Å². The SMILES string of the molecule is Cn1nccc1-c1ccc(N2CCCC2)nn1. The molecule has 0 atom stereocenters. The molecule has 5 heteroatoms. The van der Waals surface area contributed by atoms with Crippen molar-refractivity contribution >= 4 is 5.82 Å². The molecule has 1 aliphatic rings. The van der Waals surface area contributed by atoms with E-state index >= 15 is 0 Å². The highest BCUT2D eigenvalue weighted by Crippen LogP contribution is 2.20. The Kier molecular flexibility index (Phi) is 2.51. The van der Waals surface area contributed by atoms with Gasteiger partial charge in [-0.25, -0.2) is 0 Å². The first-order chi connectivity index (χ1) is 8.34. The molecule has 0 bridgehead atoms. The monoisotopic (exact) mass is 229 g/mol. The Morgan fingerprint density at radius 1 is 1.06 bits per heavy atom. The zero-order chi connectivity index (χ0) is 11.7. The first-order valence-corrected chi connectivity index (χ1v) is 5.91. The summed E-state index contributed by atoms with van der Waals surface area (Å²) in [5, 5.41) is 12.7. The van der Waals surface area contributed by atoms with Gasteiger partial charge in [-0.2, -0.15) is 5.10 Å². The minimum Gasteiger partial charge on any atom is -0.355 e. The molecule has 0 unspecified atom stereocenters. The van der Waals surface area contributed by atoms with Crippen molar-refractivity contribution in [2.75, 3.05) is 18.0 Å². The minimum atomic E-state index is 0.868. The maximum absolute atomic E-state index is 4.29. The predicted octanol–water partition coefficient (Wildman–Crippen LogP) is 1.48. The second kappa shape index (κ2) is 4.16. The van der Waals surface area contributed by atoms with Crippen LogP contribution in [0.4, 0.5) is 5.82 Å². The van der Waals surface area contributed by atoms with Crippen LogP contribution in [0.25, 0.3) is 11.4 Å². The van der Waals surface area contributed by atoms with Crippen LogP contribution in [-0.2, 0) is 7.05 Å². The summed E-state index contributed by atoms with van der Waals surface area (Å²) in [6.45, 7) is 2.19. The van der Waals surface area contributed by atoms with Gasteiger partial charge in [0.1, 0.15) is 5.69 Å². The second-order valence-corrected chi connectivity index (χ2v) is 4.31. The third kappa shape index (κ3) is 1.88. The molecule has 0 saturated carbocycles. The van der Waals surface area contributed by atoms with E-state index in [9.17, 15) is 0 Å². The smallest absolute Gasteiger partial charge is 0.151 e. The number of hydrogen-bond acceptors (Lipinski definition) is 4. The first kappa shape index (κ1) is 10.3.